The molecule has 0 aliphatic rings. The van der Waals surface area contributed by atoms with Gasteiger partial charge in [0.15, 0.2) is 22.6 Å². The number of hydrogen-bond acceptors (Lipinski definition) is 3. The second-order valence-corrected chi connectivity index (χ2v) is 2.81. The summed E-state index contributed by atoms with van der Waals surface area (Å²) in [5.41, 5.74) is 0. The molecule has 0 aliphatic heterocycles. The second-order valence-electron chi connectivity index (χ2n) is 1.87. The van der Waals surface area contributed by atoms with E-state index in [0.717, 1.165) is 0 Å². The van der Waals surface area contributed by atoms with Crippen molar-refractivity contribution in [1.29, 1.82) is 0 Å². The Kier molecular flexibility index (Phi) is 2.11. The molecular formula is C6H6O4S. The quantitative estimate of drug-likeness (QED) is 0.432. The lowest BCUT2D eigenvalue weighted by molar-refractivity contribution is 0.392. The molecule has 11 heavy (non-hydrogen) atoms. The van der Waals surface area contributed by atoms with E-state index in [1.54, 1.807) is 0 Å². The summed E-state index contributed by atoms with van der Waals surface area (Å²) in [5, 5.41) is 17.8. The van der Waals surface area contributed by atoms with E-state index >= 15 is 0 Å². The third-order valence-electron chi connectivity index (χ3n) is 1.17. The summed E-state index contributed by atoms with van der Waals surface area (Å²) in [7, 11) is 0. The fourth-order valence-electron chi connectivity index (χ4n) is 0.652. The molecule has 1 aromatic carbocycles. The van der Waals surface area contributed by atoms with Crippen molar-refractivity contribution in [2.75, 3.05) is 0 Å². The molecule has 0 radical (unpaired) electrons. The molecule has 0 heterocycles. The Labute approximate surface area is 65.4 Å². The predicted molar refractivity (Wildman–Crippen MR) is 38.8 cm³/mol. The number of hydrogen-bond donors (Lipinski definition) is 3. The SMILES string of the molecule is O=S(O)c1cccc(O)c1O. The van der Waals surface area contributed by atoms with Crippen LogP contribution in [0.2, 0.25) is 0 Å². The second kappa shape index (κ2) is 2.89. The van der Waals surface area contributed by atoms with Gasteiger partial charge >= 0.3 is 0 Å². The van der Waals surface area contributed by atoms with E-state index in [1.807, 2.05) is 0 Å². The Bertz CT molecular complexity index is 297. The van der Waals surface area contributed by atoms with Gasteiger partial charge < -0.3 is 14.8 Å². The minimum Gasteiger partial charge on any atom is -0.504 e. The standard InChI is InChI=1S/C6H6O4S/c7-4-2-1-3-5(6(4)8)11(9)10/h1-3,7-8H,(H,9,10). The van der Waals surface area contributed by atoms with E-state index in [4.69, 9.17) is 14.8 Å². The Hall–Kier alpha value is -1.07. The molecule has 0 fully saturated rings. The zero-order chi connectivity index (χ0) is 8.43. The van der Waals surface area contributed by atoms with Crippen LogP contribution in [0, 0.1) is 0 Å². The topological polar surface area (TPSA) is 77.8 Å². The normalized spacial score (nSPS) is 12.8. The van der Waals surface area contributed by atoms with Crippen molar-refractivity contribution in [3.63, 3.8) is 0 Å². The molecule has 0 saturated carbocycles. The smallest absolute Gasteiger partial charge is 0.190 e. The summed E-state index contributed by atoms with van der Waals surface area (Å²) in [5.74, 6) is -0.946. The summed E-state index contributed by atoms with van der Waals surface area (Å²) in [4.78, 5) is -0.190. The summed E-state index contributed by atoms with van der Waals surface area (Å²) < 4.78 is 18.9. The minimum atomic E-state index is -2.26. The van der Waals surface area contributed by atoms with Crippen LogP contribution in [0.25, 0.3) is 0 Å². The highest BCUT2D eigenvalue weighted by atomic mass is 32.2. The Balaban J connectivity index is 3.27. The molecule has 0 aromatic heterocycles. The maximum Gasteiger partial charge on any atom is 0.190 e. The first kappa shape index (κ1) is 8.03. The van der Waals surface area contributed by atoms with Gasteiger partial charge in [-0.3, -0.25) is 0 Å². The maximum absolute atomic E-state index is 10.4. The summed E-state index contributed by atoms with van der Waals surface area (Å²) >= 11 is -2.26. The van der Waals surface area contributed by atoms with Gasteiger partial charge in [0.25, 0.3) is 0 Å². The maximum atomic E-state index is 10.4. The van der Waals surface area contributed by atoms with Crippen molar-refractivity contribution in [3.8, 4) is 11.5 Å². The van der Waals surface area contributed by atoms with Crippen LogP contribution in [0.1, 0.15) is 0 Å². The average molecular weight is 174 g/mol. The monoisotopic (exact) mass is 174 g/mol. The molecule has 3 N–H and O–H groups in total. The molecule has 0 saturated heterocycles. The van der Waals surface area contributed by atoms with E-state index < -0.39 is 22.6 Å². The van der Waals surface area contributed by atoms with Gasteiger partial charge in [0.05, 0.1) is 0 Å². The van der Waals surface area contributed by atoms with Gasteiger partial charge in [-0.05, 0) is 12.1 Å². The van der Waals surface area contributed by atoms with E-state index in [2.05, 4.69) is 0 Å². The molecule has 1 aromatic rings. The van der Waals surface area contributed by atoms with Gasteiger partial charge in [0, 0.05) is 0 Å². The molecule has 0 spiro atoms. The fraction of sp³-hybridized carbons (Fsp3) is 0. The number of phenolic OH excluding ortho intramolecular Hbond substituents is 2. The van der Waals surface area contributed by atoms with Crippen LogP contribution in [0.4, 0.5) is 0 Å². The average Bonchev–Trinajstić information content (AvgIpc) is 1.94. The van der Waals surface area contributed by atoms with Crippen LogP contribution >= 0.6 is 0 Å². The van der Waals surface area contributed by atoms with Crippen LogP contribution in [0.5, 0.6) is 11.5 Å². The van der Waals surface area contributed by atoms with E-state index in [-0.39, 0.29) is 4.90 Å². The van der Waals surface area contributed by atoms with Gasteiger partial charge in [-0.15, -0.1) is 0 Å². The van der Waals surface area contributed by atoms with Crippen molar-refractivity contribution < 1.29 is 19.0 Å². The van der Waals surface area contributed by atoms with Gasteiger partial charge in [-0.25, -0.2) is 4.21 Å². The predicted octanol–water partition coefficient (Wildman–Crippen LogP) is 0.678. The third kappa shape index (κ3) is 1.50. The first-order valence-corrected chi connectivity index (χ1v) is 3.85. The molecule has 0 amide bonds. The van der Waals surface area contributed by atoms with Crippen molar-refractivity contribution in [3.05, 3.63) is 18.2 Å². The molecule has 1 unspecified atom stereocenters. The molecular weight excluding hydrogens is 168 g/mol. The van der Waals surface area contributed by atoms with Crippen molar-refractivity contribution in [2.45, 2.75) is 4.90 Å². The van der Waals surface area contributed by atoms with Crippen LogP contribution in [0.15, 0.2) is 23.1 Å². The molecule has 5 heteroatoms. The largest absolute Gasteiger partial charge is 0.504 e. The van der Waals surface area contributed by atoms with Crippen LogP contribution in [-0.2, 0) is 11.1 Å². The minimum absolute atomic E-state index is 0.190. The highest BCUT2D eigenvalue weighted by Crippen LogP contribution is 2.29. The van der Waals surface area contributed by atoms with Crippen LogP contribution in [-0.4, -0.2) is 19.0 Å². The van der Waals surface area contributed by atoms with Gasteiger partial charge in [0.1, 0.15) is 4.90 Å². The highest BCUT2D eigenvalue weighted by molar-refractivity contribution is 7.79. The Morgan fingerprint density at radius 3 is 2.36 bits per heavy atom. The highest BCUT2D eigenvalue weighted by Gasteiger charge is 2.09. The Morgan fingerprint density at radius 1 is 1.27 bits per heavy atom. The summed E-state index contributed by atoms with van der Waals surface area (Å²) in [6.45, 7) is 0. The third-order valence-corrected chi connectivity index (χ3v) is 1.87. The van der Waals surface area contributed by atoms with E-state index in [9.17, 15) is 4.21 Å². The molecule has 1 atom stereocenters. The van der Waals surface area contributed by atoms with Gasteiger partial charge in [-0.2, -0.15) is 0 Å². The van der Waals surface area contributed by atoms with Gasteiger partial charge in [-0.1, -0.05) is 6.07 Å². The summed E-state index contributed by atoms with van der Waals surface area (Å²) in [6.07, 6.45) is 0. The van der Waals surface area contributed by atoms with Crippen LogP contribution < -0.4 is 0 Å². The van der Waals surface area contributed by atoms with Crippen molar-refractivity contribution in [1.82, 2.24) is 0 Å². The van der Waals surface area contributed by atoms with E-state index in [0.29, 0.717) is 0 Å². The van der Waals surface area contributed by atoms with E-state index in [1.165, 1.54) is 18.2 Å². The summed E-state index contributed by atoms with van der Waals surface area (Å²) in [6, 6.07) is 3.86. The van der Waals surface area contributed by atoms with Gasteiger partial charge in [0.2, 0.25) is 0 Å². The van der Waals surface area contributed by atoms with Crippen molar-refractivity contribution in [2.24, 2.45) is 0 Å². The zero-order valence-electron chi connectivity index (χ0n) is 5.39. The number of para-hydroxylation sites is 1. The lowest BCUT2D eigenvalue weighted by Gasteiger charge is -1.99. The molecule has 0 aliphatic carbocycles. The first-order valence-electron chi connectivity index (χ1n) is 2.74. The number of benzene rings is 1. The molecule has 1 rings (SSSR count). The molecule has 0 bridgehead atoms. The number of phenols is 2. The lowest BCUT2D eigenvalue weighted by Crippen LogP contribution is -1.88. The fourth-order valence-corrected chi connectivity index (χ4v) is 1.12. The van der Waals surface area contributed by atoms with Crippen molar-refractivity contribution >= 4 is 11.1 Å². The van der Waals surface area contributed by atoms with Crippen LogP contribution in [0.3, 0.4) is 0 Å². The lowest BCUT2D eigenvalue weighted by atomic mass is 10.3. The Morgan fingerprint density at radius 2 is 1.91 bits per heavy atom. The number of aromatic hydroxyl groups is 2. The number of rotatable bonds is 1. The first-order chi connectivity index (χ1) is 5.13. The molecule has 4 nitrogen and oxygen atoms in total. The molecule has 60 valence electrons. The zero-order valence-corrected chi connectivity index (χ0v) is 6.21.